The van der Waals surface area contributed by atoms with Gasteiger partial charge < -0.3 is 11.1 Å². The lowest BCUT2D eigenvalue weighted by Crippen LogP contribution is -2.50. The number of nitrogens with one attached hydrogen (secondary N) is 1. The molecule has 0 saturated carbocycles. The molecule has 116 valence electrons. The summed E-state index contributed by atoms with van der Waals surface area (Å²) in [6.45, 7) is 6.33. The SMILES string of the molecule is C=CCC(N)C(=O)NC1CCN(S(=O)(=O)CCC)CC1. The molecule has 0 aromatic rings. The Labute approximate surface area is 121 Å². The minimum Gasteiger partial charge on any atom is -0.352 e. The van der Waals surface area contributed by atoms with E-state index >= 15 is 0 Å². The van der Waals surface area contributed by atoms with Gasteiger partial charge in [-0.1, -0.05) is 13.0 Å². The molecule has 1 aliphatic heterocycles. The molecule has 1 saturated heterocycles. The second-order valence-corrected chi connectivity index (χ2v) is 7.22. The van der Waals surface area contributed by atoms with Crippen molar-refractivity contribution in [1.29, 1.82) is 0 Å². The third-order valence-corrected chi connectivity index (χ3v) is 5.49. The van der Waals surface area contributed by atoms with Gasteiger partial charge in [-0.05, 0) is 25.7 Å². The van der Waals surface area contributed by atoms with Gasteiger partial charge in [0.2, 0.25) is 15.9 Å². The summed E-state index contributed by atoms with van der Waals surface area (Å²) < 4.78 is 25.3. The zero-order valence-corrected chi connectivity index (χ0v) is 12.9. The molecule has 1 fully saturated rings. The summed E-state index contributed by atoms with van der Waals surface area (Å²) in [6, 6.07) is -0.569. The summed E-state index contributed by atoms with van der Waals surface area (Å²) in [7, 11) is -3.13. The number of sulfonamides is 1. The maximum absolute atomic E-state index is 11.9. The second kappa shape index (κ2) is 7.75. The summed E-state index contributed by atoms with van der Waals surface area (Å²) in [5.74, 6) is -0.00594. The Morgan fingerprint density at radius 3 is 2.60 bits per heavy atom. The Bertz CT molecular complexity index is 428. The Kier molecular flexibility index (Phi) is 6.64. The summed E-state index contributed by atoms with van der Waals surface area (Å²) in [5.41, 5.74) is 5.69. The van der Waals surface area contributed by atoms with E-state index in [2.05, 4.69) is 11.9 Å². The minimum absolute atomic E-state index is 0.00596. The van der Waals surface area contributed by atoms with E-state index in [1.165, 1.54) is 4.31 Å². The van der Waals surface area contributed by atoms with Crippen molar-refractivity contribution >= 4 is 15.9 Å². The zero-order valence-electron chi connectivity index (χ0n) is 12.0. The fourth-order valence-electron chi connectivity index (χ4n) is 2.26. The van der Waals surface area contributed by atoms with Crippen molar-refractivity contribution in [2.45, 2.75) is 44.7 Å². The van der Waals surface area contributed by atoms with E-state index in [0.29, 0.717) is 38.8 Å². The molecule has 1 rings (SSSR count). The lowest BCUT2D eigenvalue weighted by molar-refractivity contribution is -0.123. The largest absolute Gasteiger partial charge is 0.352 e. The van der Waals surface area contributed by atoms with Crippen LogP contribution in [0.2, 0.25) is 0 Å². The van der Waals surface area contributed by atoms with Crippen molar-refractivity contribution in [3.05, 3.63) is 12.7 Å². The number of rotatable bonds is 7. The van der Waals surface area contributed by atoms with Gasteiger partial charge in [-0.2, -0.15) is 0 Å². The predicted octanol–water partition coefficient (Wildman–Crippen LogP) is 0.210. The highest BCUT2D eigenvalue weighted by Gasteiger charge is 2.28. The van der Waals surface area contributed by atoms with Crippen molar-refractivity contribution < 1.29 is 13.2 Å². The van der Waals surface area contributed by atoms with Crippen LogP contribution in [-0.2, 0) is 14.8 Å². The Balaban J connectivity index is 2.43. The van der Waals surface area contributed by atoms with Crippen LogP contribution in [-0.4, -0.2) is 49.6 Å². The van der Waals surface area contributed by atoms with Gasteiger partial charge in [0.15, 0.2) is 0 Å². The van der Waals surface area contributed by atoms with E-state index in [1.807, 2.05) is 6.92 Å². The molecule has 1 atom stereocenters. The number of piperidine rings is 1. The van der Waals surface area contributed by atoms with Crippen LogP contribution in [0.5, 0.6) is 0 Å². The van der Waals surface area contributed by atoms with E-state index < -0.39 is 16.1 Å². The van der Waals surface area contributed by atoms with E-state index in [4.69, 9.17) is 5.73 Å². The smallest absolute Gasteiger partial charge is 0.237 e. The first-order valence-electron chi connectivity index (χ1n) is 7.05. The first-order valence-corrected chi connectivity index (χ1v) is 8.66. The fraction of sp³-hybridized carbons (Fsp3) is 0.769. The average molecular weight is 303 g/mol. The highest BCUT2D eigenvalue weighted by atomic mass is 32.2. The molecule has 0 bridgehead atoms. The fourth-order valence-corrected chi connectivity index (χ4v) is 3.80. The number of nitrogens with zero attached hydrogens (tertiary/aromatic N) is 1. The van der Waals surface area contributed by atoms with Crippen LogP contribution in [0.4, 0.5) is 0 Å². The number of carbonyl (C=O) groups excluding carboxylic acids is 1. The molecule has 1 unspecified atom stereocenters. The molecular formula is C13H25N3O3S. The summed E-state index contributed by atoms with van der Waals surface area (Å²) in [4.78, 5) is 11.8. The van der Waals surface area contributed by atoms with Crippen molar-refractivity contribution in [1.82, 2.24) is 9.62 Å². The van der Waals surface area contributed by atoms with Gasteiger partial charge >= 0.3 is 0 Å². The molecule has 0 aliphatic carbocycles. The maximum Gasteiger partial charge on any atom is 0.237 e. The number of carbonyl (C=O) groups is 1. The minimum atomic E-state index is -3.13. The molecule has 1 amide bonds. The van der Waals surface area contributed by atoms with Crippen molar-refractivity contribution in [3.8, 4) is 0 Å². The molecule has 0 radical (unpaired) electrons. The first-order chi connectivity index (χ1) is 9.40. The van der Waals surface area contributed by atoms with Crippen LogP contribution in [0.15, 0.2) is 12.7 Å². The number of amides is 1. The highest BCUT2D eigenvalue weighted by molar-refractivity contribution is 7.89. The molecule has 7 heteroatoms. The standard InChI is InChI=1S/C13H25N3O3S/c1-3-5-12(14)13(17)15-11-6-8-16(9-7-11)20(18,19)10-4-2/h3,11-12H,1,4-10,14H2,2H3,(H,15,17). The molecule has 0 aromatic heterocycles. The van der Waals surface area contributed by atoms with E-state index in [1.54, 1.807) is 6.08 Å². The van der Waals surface area contributed by atoms with E-state index in [9.17, 15) is 13.2 Å². The topological polar surface area (TPSA) is 92.5 Å². The Hall–Kier alpha value is -0.920. The molecular weight excluding hydrogens is 278 g/mol. The van der Waals surface area contributed by atoms with Gasteiger partial charge in [0.1, 0.15) is 0 Å². The lowest BCUT2D eigenvalue weighted by atomic mass is 10.1. The van der Waals surface area contributed by atoms with Gasteiger partial charge in [-0.3, -0.25) is 4.79 Å². The molecule has 0 aromatic carbocycles. The summed E-state index contributed by atoms with van der Waals surface area (Å²) >= 11 is 0. The lowest BCUT2D eigenvalue weighted by Gasteiger charge is -2.32. The average Bonchev–Trinajstić information content (AvgIpc) is 2.39. The zero-order chi connectivity index (χ0) is 15.2. The maximum atomic E-state index is 11.9. The van der Waals surface area contributed by atoms with Gasteiger partial charge in [0.05, 0.1) is 11.8 Å². The van der Waals surface area contributed by atoms with Crippen LogP contribution >= 0.6 is 0 Å². The van der Waals surface area contributed by atoms with Crippen LogP contribution in [0.25, 0.3) is 0 Å². The highest BCUT2D eigenvalue weighted by Crippen LogP contribution is 2.15. The number of hydrogen-bond donors (Lipinski definition) is 2. The van der Waals surface area contributed by atoms with Gasteiger partial charge in [0.25, 0.3) is 0 Å². The van der Waals surface area contributed by atoms with Crippen LogP contribution in [0.3, 0.4) is 0 Å². The van der Waals surface area contributed by atoms with Crippen molar-refractivity contribution in [3.63, 3.8) is 0 Å². The van der Waals surface area contributed by atoms with Crippen LogP contribution < -0.4 is 11.1 Å². The van der Waals surface area contributed by atoms with Gasteiger partial charge in [-0.25, -0.2) is 12.7 Å². The number of nitrogens with two attached hydrogens (primary N) is 1. The molecule has 1 aliphatic rings. The summed E-state index contributed by atoms with van der Waals surface area (Å²) in [6.07, 6.45) is 3.94. The van der Waals surface area contributed by atoms with Crippen molar-refractivity contribution in [2.24, 2.45) is 5.73 Å². The first kappa shape index (κ1) is 17.1. The Morgan fingerprint density at radius 1 is 1.50 bits per heavy atom. The molecule has 0 spiro atoms. The Morgan fingerprint density at radius 2 is 2.10 bits per heavy atom. The monoisotopic (exact) mass is 303 g/mol. The van der Waals surface area contributed by atoms with Crippen LogP contribution in [0, 0.1) is 0 Å². The molecule has 20 heavy (non-hydrogen) atoms. The predicted molar refractivity (Wildman–Crippen MR) is 79.6 cm³/mol. The van der Waals surface area contributed by atoms with E-state index in [0.717, 1.165) is 0 Å². The quantitative estimate of drug-likeness (QED) is 0.658. The molecule has 1 heterocycles. The number of hydrogen-bond acceptors (Lipinski definition) is 4. The molecule has 6 nitrogen and oxygen atoms in total. The van der Waals surface area contributed by atoms with Crippen LogP contribution in [0.1, 0.15) is 32.6 Å². The normalized spacial score (nSPS) is 19.5. The third kappa shape index (κ3) is 4.88. The third-order valence-electron chi connectivity index (χ3n) is 3.41. The second-order valence-electron chi connectivity index (χ2n) is 5.13. The van der Waals surface area contributed by atoms with Gasteiger partial charge in [-0.15, -0.1) is 6.58 Å². The molecule has 3 N–H and O–H groups in total. The summed E-state index contributed by atoms with van der Waals surface area (Å²) in [5, 5.41) is 2.87. The van der Waals surface area contributed by atoms with Crippen molar-refractivity contribution in [2.75, 3.05) is 18.8 Å². The van der Waals surface area contributed by atoms with Gasteiger partial charge in [0, 0.05) is 19.1 Å². The van der Waals surface area contributed by atoms with E-state index in [-0.39, 0.29) is 17.7 Å².